The minimum absolute atomic E-state index is 0.0615. The first kappa shape index (κ1) is 15.6. The summed E-state index contributed by atoms with van der Waals surface area (Å²) in [7, 11) is 6.32. The van der Waals surface area contributed by atoms with Gasteiger partial charge in [0, 0.05) is 53.2 Å². The lowest BCUT2D eigenvalue weighted by atomic mass is 10.3. The smallest absolute Gasteiger partial charge is 0.330 e. The average molecular weight is 271 g/mol. The molecule has 0 saturated carbocycles. The summed E-state index contributed by atoms with van der Waals surface area (Å²) in [6.07, 6.45) is -0.0615. The lowest BCUT2D eigenvalue weighted by Crippen LogP contribution is -2.40. The lowest BCUT2D eigenvalue weighted by Gasteiger charge is -2.16. The van der Waals surface area contributed by atoms with Gasteiger partial charge in [-0.1, -0.05) is 0 Å². The molecule has 1 atom stereocenters. The summed E-state index contributed by atoms with van der Waals surface area (Å²) in [5, 5.41) is 3.14. The number of nitrogens with zero attached hydrogens (tertiary/aromatic N) is 2. The van der Waals surface area contributed by atoms with Crippen LogP contribution in [0.1, 0.15) is 5.69 Å². The molecule has 0 aliphatic heterocycles. The Morgan fingerprint density at radius 1 is 1.26 bits per heavy atom. The van der Waals surface area contributed by atoms with Crippen LogP contribution in [0.4, 0.5) is 0 Å². The molecule has 1 aromatic rings. The highest BCUT2D eigenvalue weighted by Gasteiger charge is 2.08. The normalized spacial score (nSPS) is 12.6. The Morgan fingerprint density at radius 3 is 2.53 bits per heavy atom. The first-order valence-electron chi connectivity index (χ1n) is 5.99. The Hall–Kier alpha value is -1.44. The third-order valence-electron chi connectivity index (χ3n) is 2.99. The van der Waals surface area contributed by atoms with E-state index in [4.69, 9.17) is 9.47 Å². The highest BCUT2D eigenvalue weighted by molar-refractivity contribution is 5.01. The maximum atomic E-state index is 11.7. The van der Waals surface area contributed by atoms with Gasteiger partial charge in [0.25, 0.3) is 5.56 Å². The Bertz CT molecular complexity index is 521. The zero-order valence-corrected chi connectivity index (χ0v) is 11.8. The molecule has 0 fully saturated rings. The summed E-state index contributed by atoms with van der Waals surface area (Å²) in [5.74, 6) is 0. The van der Waals surface area contributed by atoms with E-state index in [9.17, 15) is 9.59 Å². The highest BCUT2D eigenvalue weighted by atomic mass is 16.5. The van der Waals surface area contributed by atoms with Crippen LogP contribution < -0.4 is 16.6 Å². The summed E-state index contributed by atoms with van der Waals surface area (Å²) < 4.78 is 12.7. The number of hydrogen-bond donors (Lipinski definition) is 1. The molecule has 1 heterocycles. The minimum Gasteiger partial charge on any atom is -0.382 e. The molecule has 0 radical (unpaired) electrons. The minimum atomic E-state index is -0.329. The lowest BCUT2D eigenvalue weighted by molar-refractivity contribution is 0.0287. The van der Waals surface area contributed by atoms with Crippen molar-refractivity contribution in [2.75, 3.05) is 27.4 Å². The Balaban J connectivity index is 2.69. The molecule has 1 rings (SSSR count). The largest absolute Gasteiger partial charge is 0.382 e. The zero-order chi connectivity index (χ0) is 14.4. The van der Waals surface area contributed by atoms with Crippen LogP contribution in [0.2, 0.25) is 0 Å². The van der Waals surface area contributed by atoms with Gasteiger partial charge in [0.2, 0.25) is 0 Å². The topological polar surface area (TPSA) is 74.5 Å². The van der Waals surface area contributed by atoms with Crippen LogP contribution in [-0.2, 0) is 30.1 Å². The molecule has 0 aliphatic rings. The van der Waals surface area contributed by atoms with Gasteiger partial charge in [-0.2, -0.15) is 0 Å². The molecule has 0 saturated heterocycles. The summed E-state index contributed by atoms with van der Waals surface area (Å²) in [6, 6.07) is 1.45. The third kappa shape index (κ3) is 4.02. The second-order valence-corrected chi connectivity index (χ2v) is 4.32. The van der Waals surface area contributed by atoms with Crippen molar-refractivity contribution in [2.24, 2.45) is 14.1 Å². The zero-order valence-electron chi connectivity index (χ0n) is 11.8. The standard InChI is InChI=1S/C12H21N3O4/c1-14-9(5-11(16)15(2)12(14)17)6-13-7-10(19-4)8-18-3/h5,10,13H,6-8H2,1-4H3. The summed E-state index contributed by atoms with van der Waals surface area (Å²) in [4.78, 5) is 23.3. The van der Waals surface area contributed by atoms with Crippen molar-refractivity contribution in [3.63, 3.8) is 0 Å². The molecule has 0 bridgehead atoms. The molecule has 7 nitrogen and oxygen atoms in total. The Labute approximate surface area is 111 Å². The fourth-order valence-corrected chi connectivity index (χ4v) is 1.71. The molecule has 0 amide bonds. The van der Waals surface area contributed by atoms with Crippen molar-refractivity contribution < 1.29 is 9.47 Å². The van der Waals surface area contributed by atoms with Crippen molar-refractivity contribution >= 4 is 0 Å². The Morgan fingerprint density at radius 2 is 1.95 bits per heavy atom. The molecule has 19 heavy (non-hydrogen) atoms. The molecule has 1 aromatic heterocycles. The highest BCUT2D eigenvalue weighted by Crippen LogP contribution is 1.93. The molecule has 0 aromatic carbocycles. The average Bonchev–Trinajstić information content (AvgIpc) is 2.41. The monoisotopic (exact) mass is 271 g/mol. The summed E-state index contributed by atoms with van der Waals surface area (Å²) in [5.41, 5.74) is 0.00457. The van der Waals surface area contributed by atoms with Gasteiger partial charge in [-0.3, -0.25) is 13.9 Å². The van der Waals surface area contributed by atoms with Gasteiger partial charge in [-0.15, -0.1) is 0 Å². The van der Waals surface area contributed by atoms with Crippen LogP contribution in [-0.4, -0.2) is 42.6 Å². The SMILES string of the molecule is COCC(CNCc1cc(=O)n(C)c(=O)n1C)OC. The van der Waals surface area contributed by atoms with E-state index < -0.39 is 0 Å². The van der Waals surface area contributed by atoms with Crippen LogP contribution in [0.25, 0.3) is 0 Å². The molecular formula is C12H21N3O4. The van der Waals surface area contributed by atoms with E-state index in [0.717, 1.165) is 4.57 Å². The molecule has 108 valence electrons. The van der Waals surface area contributed by atoms with Crippen molar-refractivity contribution in [3.05, 3.63) is 32.6 Å². The van der Waals surface area contributed by atoms with E-state index in [1.165, 1.54) is 17.7 Å². The van der Waals surface area contributed by atoms with Gasteiger partial charge in [-0.05, 0) is 0 Å². The number of hydrogen-bond acceptors (Lipinski definition) is 5. The van der Waals surface area contributed by atoms with E-state index in [2.05, 4.69) is 5.32 Å². The molecule has 0 spiro atoms. The quantitative estimate of drug-likeness (QED) is 0.677. The van der Waals surface area contributed by atoms with Crippen LogP contribution in [0, 0.1) is 0 Å². The first-order chi connectivity index (χ1) is 9.01. The van der Waals surface area contributed by atoms with E-state index in [-0.39, 0.29) is 17.4 Å². The van der Waals surface area contributed by atoms with E-state index in [1.807, 2.05) is 0 Å². The Kier molecular flexibility index (Phi) is 5.94. The van der Waals surface area contributed by atoms with Gasteiger partial charge in [-0.25, -0.2) is 4.79 Å². The van der Waals surface area contributed by atoms with Crippen LogP contribution in [0.5, 0.6) is 0 Å². The van der Waals surface area contributed by atoms with E-state index in [0.29, 0.717) is 25.4 Å². The number of rotatable bonds is 7. The van der Waals surface area contributed by atoms with Crippen molar-refractivity contribution in [1.82, 2.24) is 14.5 Å². The third-order valence-corrected chi connectivity index (χ3v) is 2.99. The fraction of sp³-hybridized carbons (Fsp3) is 0.667. The van der Waals surface area contributed by atoms with Gasteiger partial charge < -0.3 is 14.8 Å². The number of ether oxygens (including phenoxy) is 2. The van der Waals surface area contributed by atoms with Gasteiger partial charge in [0.1, 0.15) is 0 Å². The second kappa shape index (κ2) is 7.22. The van der Waals surface area contributed by atoms with Crippen LogP contribution in [0.3, 0.4) is 0 Å². The maximum absolute atomic E-state index is 11.7. The van der Waals surface area contributed by atoms with Crippen LogP contribution in [0.15, 0.2) is 15.7 Å². The van der Waals surface area contributed by atoms with Crippen molar-refractivity contribution in [3.8, 4) is 0 Å². The summed E-state index contributed by atoms with van der Waals surface area (Å²) in [6.45, 7) is 1.48. The molecule has 0 aliphatic carbocycles. The van der Waals surface area contributed by atoms with E-state index in [1.54, 1.807) is 21.3 Å². The predicted molar refractivity (Wildman–Crippen MR) is 71.3 cm³/mol. The number of aromatic nitrogens is 2. The molecule has 7 heteroatoms. The predicted octanol–water partition coefficient (Wildman–Crippen LogP) is -1.16. The first-order valence-corrected chi connectivity index (χ1v) is 5.99. The summed E-state index contributed by atoms with van der Waals surface area (Å²) >= 11 is 0. The van der Waals surface area contributed by atoms with Gasteiger partial charge in [0.05, 0.1) is 12.7 Å². The number of nitrogens with one attached hydrogen (secondary N) is 1. The van der Waals surface area contributed by atoms with E-state index >= 15 is 0 Å². The van der Waals surface area contributed by atoms with Gasteiger partial charge in [0.15, 0.2) is 0 Å². The molecule has 1 N–H and O–H groups in total. The van der Waals surface area contributed by atoms with Crippen LogP contribution >= 0.6 is 0 Å². The van der Waals surface area contributed by atoms with Crippen molar-refractivity contribution in [1.29, 1.82) is 0 Å². The fourth-order valence-electron chi connectivity index (χ4n) is 1.71. The van der Waals surface area contributed by atoms with Crippen molar-refractivity contribution in [2.45, 2.75) is 12.6 Å². The molecular weight excluding hydrogens is 250 g/mol. The maximum Gasteiger partial charge on any atom is 0.330 e. The van der Waals surface area contributed by atoms with Gasteiger partial charge >= 0.3 is 5.69 Å². The second-order valence-electron chi connectivity index (χ2n) is 4.32. The number of methoxy groups -OCH3 is 2. The molecule has 1 unspecified atom stereocenters.